The highest BCUT2D eigenvalue weighted by atomic mass is 16.1. The molecule has 0 aliphatic heterocycles. The number of carbonyl (C=O) groups is 1. The number of benzene rings is 2. The fourth-order valence-electron chi connectivity index (χ4n) is 2.08. The van der Waals surface area contributed by atoms with Gasteiger partial charge in [0.1, 0.15) is 0 Å². The Labute approximate surface area is 136 Å². The number of nitrogens with one attached hydrogen (secondary N) is 2. The molecule has 120 valence electrons. The minimum absolute atomic E-state index is 0.0690. The van der Waals surface area contributed by atoms with E-state index in [-0.39, 0.29) is 5.91 Å². The number of carbonyl (C=O) groups excluding carboxylic acids is 1. The standard InChI is InChI=1S/C18H22N4O/c1-14-7-5-10-16(13-14)22-18(19)21-12-6-11-20-17(23)15-8-3-2-4-9-15/h2-5,7-10,13H,6,11-12H2,1H3,(H,20,23)(H3,19,21,22). The van der Waals surface area contributed by atoms with Crippen molar-refractivity contribution in [3.8, 4) is 0 Å². The Kier molecular flexibility index (Phi) is 6.17. The van der Waals surface area contributed by atoms with Crippen LogP contribution in [0.1, 0.15) is 22.3 Å². The van der Waals surface area contributed by atoms with Crippen LogP contribution < -0.4 is 16.4 Å². The highest BCUT2D eigenvalue weighted by Crippen LogP contribution is 2.08. The monoisotopic (exact) mass is 310 g/mol. The average Bonchev–Trinajstić information content (AvgIpc) is 2.55. The Morgan fingerprint density at radius 2 is 1.91 bits per heavy atom. The highest BCUT2D eigenvalue weighted by molar-refractivity contribution is 5.94. The first kappa shape index (κ1) is 16.5. The molecule has 0 saturated carbocycles. The van der Waals surface area contributed by atoms with Crippen LogP contribution in [0.4, 0.5) is 5.69 Å². The van der Waals surface area contributed by atoms with Gasteiger partial charge in [0.2, 0.25) is 0 Å². The van der Waals surface area contributed by atoms with Gasteiger partial charge < -0.3 is 16.4 Å². The van der Waals surface area contributed by atoms with Crippen LogP contribution in [-0.2, 0) is 0 Å². The molecule has 2 rings (SSSR count). The number of guanidine groups is 1. The third kappa shape index (κ3) is 5.82. The molecule has 0 unspecified atom stereocenters. The lowest BCUT2D eigenvalue weighted by molar-refractivity contribution is 0.0953. The topological polar surface area (TPSA) is 79.5 Å². The fraction of sp³-hybridized carbons (Fsp3) is 0.222. The molecule has 0 fully saturated rings. The zero-order valence-corrected chi connectivity index (χ0v) is 13.3. The van der Waals surface area contributed by atoms with Crippen molar-refractivity contribution < 1.29 is 4.79 Å². The molecular formula is C18H22N4O. The Hall–Kier alpha value is -2.82. The van der Waals surface area contributed by atoms with Crippen LogP contribution in [0, 0.1) is 6.92 Å². The van der Waals surface area contributed by atoms with Crippen LogP contribution in [0.2, 0.25) is 0 Å². The zero-order valence-electron chi connectivity index (χ0n) is 13.3. The average molecular weight is 310 g/mol. The Bertz CT molecular complexity index is 668. The van der Waals surface area contributed by atoms with E-state index in [2.05, 4.69) is 15.6 Å². The van der Waals surface area contributed by atoms with Gasteiger partial charge in [-0.15, -0.1) is 0 Å². The van der Waals surface area contributed by atoms with Crippen LogP contribution in [-0.4, -0.2) is 25.0 Å². The minimum Gasteiger partial charge on any atom is -0.370 e. The molecule has 2 aromatic rings. The van der Waals surface area contributed by atoms with Crippen LogP contribution in [0.5, 0.6) is 0 Å². The maximum atomic E-state index is 11.8. The normalized spacial score (nSPS) is 11.1. The number of hydrogen-bond donors (Lipinski definition) is 3. The molecule has 0 aliphatic carbocycles. The summed E-state index contributed by atoms with van der Waals surface area (Å²) >= 11 is 0. The van der Waals surface area contributed by atoms with Crippen LogP contribution >= 0.6 is 0 Å². The van der Waals surface area contributed by atoms with Crippen LogP contribution in [0.25, 0.3) is 0 Å². The number of rotatable bonds is 6. The molecule has 0 aliphatic rings. The molecular weight excluding hydrogens is 288 g/mol. The summed E-state index contributed by atoms with van der Waals surface area (Å²) in [6.07, 6.45) is 0.731. The minimum atomic E-state index is -0.0690. The Balaban J connectivity index is 1.69. The summed E-state index contributed by atoms with van der Waals surface area (Å²) in [5.41, 5.74) is 8.58. The smallest absolute Gasteiger partial charge is 0.251 e. The molecule has 0 spiro atoms. The number of nitrogens with two attached hydrogens (primary N) is 1. The molecule has 1 amide bonds. The van der Waals surface area contributed by atoms with E-state index in [0.29, 0.717) is 24.6 Å². The second kappa shape index (κ2) is 8.58. The highest BCUT2D eigenvalue weighted by Gasteiger charge is 2.02. The number of aliphatic imine (C=N–C) groups is 1. The molecule has 0 bridgehead atoms. The van der Waals surface area contributed by atoms with Crippen molar-refractivity contribution in [1.29, 1.82) is 0 Å². The van der Waals surface area contributed by atoms with Crippen molar-refractivity contribution in [3.63, 3.8) is 0 Å². The van der Waals surface area contributed by atoms with Crippen LogP contribution in [0.15, 0.2) is 59.6 Å². The van der Waals surface area contributed by atoms with Crippen molar-refractivity contribution in [2.45, 2.75) is 13.3 Å². The van der Waals surface area contributed by atoms with Crippen molar-refractivity contribution in [1.82, 2.24) is 5.32 Å². The van der Waals surface area contributed by atoms with Crippen molar-refractivity contribution in [3.05, 3.63) is 65.7 Å². The number of aryl methyl sites for hydroxylation is 1. The number of anilines is 1. The zero-order chi connectivity index (χ0) is 16.5. The lowest BCUT2D eigenvalue weighted by Crippen LogP contribution is -2.26. The third-order valence-corrected chi connectivity index (χ3v) is 3.23. The van der Waals surface area contributed by atoms with E-state index in [1.54, 1.807) is 12.1 Å². The summed E-state index contributed by atoms with van der Waals surface area (Å²) in [5.74, 6) is 0.311. The van der Waals surface area contributed by atoms with Gasteiger partial charge in [-0.1, -0.05) is 30.3 Å². The van der Waals surface area contributed by atoms with Crippen molar-refractivity contribution in [2.75, 3.05) is 18.4 Å². The summed E-state index contributed by atoms with van der Waals surface area (Å²) < 4.78 is 0. The molecule has 0 saturated heterocycles. The van der Waals surface area contributed by atoms with E-state index in [1.165, 1.54) is 0 Å². The molecule has 0 aromatic heterocycles. The first-order valence-corrected chi connectivity index (χ1v) is 7.62. The van der Waals surface area contributed by atoms with E-state index in [1.807, 2.05) is 49.4 Å². The first-order chi connectivity index (χ1) is 11.1. The Morgan fingerprint density at radius 3 is 2.65 bits per heavy atom. The van der Waals surface area contributed by atoms with Crippen LogP contribution in [0.3, 0.4) is 0 Å². The van der Waals surface area contributed by atoms with Gasteiger partial charge in [-0.05, 0) is 43.2 Å². The molecule has 0 atom stereocenters. The SMILES string of the molecule is Cc1cccc(NC(N)=NCCCNC(=O)c2ccccc2)c1. The summed E-state index contributed by atoms with van der Waals surface area (Å²) in [6.45, 7) is 3.14. The predicted octanol–water partition coefficient (Wildman–Crippen LogP) is 2.54. The fourth-order valence-corrected chi connectivity index (χ4v) is 2.08. The summed E-state index contributed by atoms with van der Waals surface area (Å²) in [7, 11) is 0. The van der Waals surface area contributed by atoms with Gasteiger partial charge in [-0.3, -0.25) is 9.79 Å². The van der Waals surface area contributed by atoms with E-state index < -0.39 is 0 Å². The van der Waals surface area contributed by atoms with Gasteiger partial charge in [0, 0.05) is 24.3 Å². The van der Waals surface area contributed by atoms with Gasteiger partial charge in [0.05, 0.1) is 0 Å². The second-order valence-corrected chi connectivity index (χ2v) is 5.24. The Morgan fingerprint density at radius 1 is 1.13 bits per heavy atom. The van der Waals surface area contributed by atoms with Gasteiger partial charge >= 0.3 is 0 Å². The van der Waals surface area contributed by atoms with Gasteiger partial charge in [0.15, 0.2) is 5.96 Å². The number of nitrogens with zero attached hydrogens (tertiary/aromatic N) is 1. The largest absolute Gasteiger partial charge is 0.370 e. The lowest BCUT2D eigenvalue weighted by Gasteiger charge is -2.07. The quantitative estimate of drug-likeness (QED) is 0.436. The molecule has 5 heteroatoms. The molecule has 5 nitrogen and oxygen atoms in total. The maximum Gasteiger partial charge on any atom is 0.251 e. The molecule has 0 heterocycles. The van der Waals surface area contributed by atoms with Gasteiger partial charge in [-0.2, -0.15) is 0 Å². The lowest BCUT2D eigenvalue weighted by atomic mass is 10.2. The molecule has 2 aromatic carbocycles. The summed E-state index contributed by atoms with van der Waals surface area (Å²) in [5, 5.41) is 5.91. The summed E-state index contributed by atoms with van der Waals surface area (Å²) in [4.78, 5) is 16.1. The number of hydrogen-bond acceptors (Lipinski definition) is 2. The van der Waals surface area contributed by atoms with E-state index >= 15 is 0 Å². The maximum absolute atomic E-state index is 11.8. The summed E-state index contributed by atoms with van der Waals surface area (Å²) in [6, 6.07) is 17.1. The second-order valence-electron chi connectivity index (χ2n) is 5.24. The van der Waals surface area contributed by atoms with Crippen molar-refractivity contribution in [2.24, 2.45) is 10.7 Å². The molecule has 0 radical (unpaired) electrons. The number of amides is 1. The predicted molar refractivity (Wildman–Crippen MR) is 94.7 cm³/mol. The van der Waals surface area contributed by atoms with E-state index in [4.69, 9.17) is 5.73 Å². The van der Waals surface area contributed by atoms with Gasteiger partial charge in [0.25, 0.3) is 5.91 Å². The van der Waals surface area contributed by atoms with E-state index in [9.17, 15) is 4.79 Å². The van der Waals surface area contributed by atoms with E-state index in [0.717, 1.165) is 17.7 Å². The molecule has 4 N–H and O–H groups in total. The first-order valence-electron chi connectivity index (χ1n) is 7.62. The van der Waals surface area contributed by atoms with Gasteiger partial charge in [-0.25, -0.2) is 0 Å². The van der Waals surface area contributed by atoms with Crippen molar-refractivity contribution >= 4 is 17.6 Å². The third-order valence-electron chi connectivity index (χ3n) is 3.23. The molecule has 23 heavy (non-hydrogen) atoms.